The smallest absolute Gasteiger partial charge is 0.00567 e. The topological polar surface area (TPSA) is 0 Å². The van der Waals surface area contributed by atoms with Crippen molar-refractivity contribution in [3.8, 4) is 0 Å². The van der Waals surface area contributed by atoms with Gasteiger partial charge >= 0.3 is 0 Å². The second-order valence-corrected chi connectivity index (χ2v) is 4.16. The van der Waals surface area contributed by atoms with Crippen LogP contribution in [-0.2, 0) is 0 Å². The lowest BCUT2D eigenvalue weighted by Gasteiger charge is -2.27. The molecule has 0 aromatic rings. The van der Waals surface area contributed by atoms with Gasteiger partial charge in [-0.3, -0.25) is 0 Å². The molecule has 0 atom stereocenters. The van der Waals surface area contributed by atoms with Gasteiger partial charge in [0.2, 0.25) is 0 Å². The fourth-order valence-corrected chi connectivity index (χ4v) is 2.16. The Bertz CT molecular complexity index is 69.5. The quantitative estimate of drug-likeness (QED) is 0.576. The molecule has 0 nitrogen and oxygen atoms in total. The summed E-state index contributed by atoms with van der Waals surface area (Å²) < 4.78 is 0. The van der Waals surface area contributed by atoms with Crippen LogP contribution in [0.5, 0.6) is 0 Å². The molecule has 0 spiro atoms. The van der Waals surface area contributed by atoms with Crippen molar-refractivity contribution in [2.45, 2.75) is 20.8 Å². The van der Waals surface area contributed by atoms with E-state index in [1.807, 2.05) is 0 Å². The van der Waals surface area contributed by atoms with E-state index in [0.717, 1.165) is 11.5 Å². The van der Waals surface area contributed by atoms with Crippen molar-refractivity contribution in [2.75, 3.05) is 11.5 Å². The maximum absolute atomic E-state index is 4.24. The van der Waals surface area contributed by atoms with E-state index in [1.54, 1.807) is 0 Å². The molecule has 0 unspecified atom stereocenters. The lowest BCUT2D eigenvalue weighted by molar-refractivity contribution is 0.295. The first-order valence-corrected chi connectivity index (χ1v) is 4.50. The van der Waals surface area contributed by atoms with Crippen LogP contribution in [0.2, 0.25) is 0 Å². The van der Waals surface area contributed by atoms with Gasteiger partial charge in [0.1, 0.15) is 0 Å². The SMILES string of the molecule is CC(C)(C)C(CS)CS. The Morgan fingerprint density at radius 1 is 1.11 bits per heavy atom. The molecule has 0 N–H and O–H groups in total. The maximum Gasteiger partial charge on any atom is -0.00567 e. The van der Waals surface area contributed by atoms with Crippen LogP contribution < -0.4 is 0 Å². The Labute approximate surface area is 69.2 Å². The summed E-state index contributed by atoms with van der Waals surface area (Å²) in [5, 5.41) is 0. The molecule has 9 heavy (non-hydrogen) atoms. The molecule has 0 saturated heterocycles. The third-order valence-electron chi connectivity index (χ3n) is 1.67. The molecule has 0 rings (SSSR count). The summed E-state index contributed by atoms with van der Waals surface area (Å²) in [5.74, 6) is 2.50. The van der Waals surface area contributed by atoms with E-state index < -0.39 is 0 Å². The summed E-state index contributed by atoms with van der Waals surface area (Å²) in [6.07, 6.45) is 0. The largest absolute Gasteiger partial charge is 0.179 e. The number of rotatable bonds is 2. The zero-order valence-corrected chi connectivity index (χ0v) is 8.17. The summed E-state index contributed by atoms with van der Waals surface area (Å²) in [5.41, 5.74) is 0.365. The molecule has 0 aromatic carbocycles. The predicted molar refractivity (Wildman–Crippen MR) is 50.7 cm³/mol. The summed E-state index contributed by atoms with van der Waals surface area (Å²) in [4.78, 5) is 0. The molecule has 0 bridgehead atoms. The van der Waals surface area contributed by atoms with Gasteiger partial charge in [-0.25, -0.2) is 0 Å². The molecule has 0 aliphatic rings. The molecule has 0 fully saturated rings. The van der Waals surface area contributed by atoms with Crippen LogP contribution in [-0.4, -0.2) is 11.5 Å². The number of hydrogen-bond donors (Lipinski definition) is 2. The van der Waals surface area contributed by atoms with Gasteiger partial charge in [0.25, 0.3) is 0 Å². The fraction of sp³-hybridized carbons (Fsp3) is 1.00. The van der Waals surface area contributed by atoms with Gasteiger partial charge in [0.05, 0.1) is 0 Å². The Hall–Kier alpha value is 0.700. The Balaban J connectivity index is 3.79. The molecule has 2 heteroatoms. The Morgan fingerprint density at radius 3 is 1.44 bits per heavy atom. The summed E-state index contributed by atoms with van der Waals surface area (Å²) in [6, 6.07) is 0. The lowest BCUT2D eigenvalue weighted by Crippen LogP contribution is -2.23. The molecule has 0 aliphatic carbocycles. The third-order valence-corrected chi connectivity index (χ3v) is 2.55. The van der Waals surface area contributed by atoms with Gasteiger partial charge in [0, 0.05) is 0 Å². The minimum Gasteiger partial charge on any atom is -0.179 e. The van der Waals surface area contributed by atoms with Crippen molar-refractivity contribution < 1.29 is 0 Å². The zero-order valence-electron chi connectivity index (χ0n) is 6.39. The van der Waals surface area contributed by atoms with Gasteiger partial charge in [-0.2, -0.15) is 25.3 Å². The average Bonchev–Trinajstić information content (AvgIpc) is 1.65. The number of thiol groups is 2. The molecule has 0 amide bonds. The van der Waals surface area contributed by atoms with Crippen LogP contribution in [0.4, 0.5) is 0 Å². The molecular formula is C7H16S2. The van der Waals surface area contributed by atoms with Crippen LogP contribution in [0, 0.1) is 11.3 Å². The van der Waals surface area contributed by atoms with Gasteiger partial charge in [-0.15, -0.1) is 0 Å². The maximum atomic E-state index is 4.24. The average molecular weight is 164 g/mol. The van der Waals surface area contributed by atoms with Crippen LogP contribution >= 0.6 is 25.3 Å². The first-order valence-electron chi connectivity index (χ1n) is 3.24. The van der Waals surface area contributed by atoms with Gasteiger partial charge < -0.3 is 0 Å². The van der Waals surface area contributed by atoms with E-state index in [1.165, 1.54) is 0 Å². The van der Waals surface area contributed by atoms with Crippen LogP contribution in [0.25, 0.3) is 0 Å². The van der Waals surface area contributed by atoms with Crippen molar-refractivity contribution in [1.29, 1.82) is 0 Å². The highest BCUT2D eigenvalue weighted by Gasteiger charge is 2.21. The lowest BCUT2D eigenvalue weighted by atomic mass is 9.83. The molecule has 0 radical (unpaired) electrons. The first-order chi connectivity index (χ1) is 4.02. The van der Waals surface area contributed by atoms with E-state index >= 15 is 0 Å². The highest BCUT2D eigenvalue weighted by atomic mass is 32.1. The van der Waals surface area contributed by atoms with E-state index in [4.69, 9.17) is 0 Å². The third kappa shape index (κ3) is 3.41. The summed E-state index contributed by atoms with van der Waals surface area (Å²) in [6.45, 7) is 6.68. The highest BCUT2D eigenvalue weighted by Crippen LogP contribution is 2.27. The second kappa shape index (κ2) is 3.77. The molecule has 56 valence electrons. The van der Waals surface area contributed by atoms with E-state index in [9.17, 15) is 0 Å². The van der Waals surface area contributed by atoms with E-state index in [0.29, 0.717) is 11.3 Å². The molecular weight excluding hydrogens is 148 g/mol. The molecule has 0 heterocycles. The van der Waals surface area contributed by atoms with E-state index in [2.05, 4.69) is 46.0 Å². The molecule has 0 aliphatic heterocycles. The van der Waals surface area contributed by atoms with E-state index in [-0.39, 0.29) is 0 Å². The van der Waals surface area contributed by atoms with Crippen LogP contribution in [0.3, 0.4) is 0 Å². The second-order valence-electron chi connectivity index (χ2n) is 3.43. The van der Waals surface area contributed by atoms with Gasteiger partial charge in [-0.1, -0.05) is 20.8 Å². The van der Waals surface area contributed by atoms with Crippen LogP contribution in [0.1, 0.15) is 20.8 Å². The summed E-state index contributed by atoms with van der Waals surface area (Å²) in [7, 11) is 0. The Morgan fingerprint density at radius 2 is 1.44 bits per heavy atom. The Kier molecular flexibility index (Phi) is 4.06. The van der Waals surface area contributed by atoms with Crippen molar-refractivity contribution in [3.05, 3.63) is 0 Å². The predicted octanol–water partition coefficient (Wildman–Crippen LogP) is 2.51. The standard InChI is InChI=1S/C7H16S2/c1-7(2,3)6(4-8)5-9/h6,8-9H,4-5H2,1-3H3. The summed E-state index contributed by atoms with van der Waals surface area (Å²) >= 11 is 8.48. The van der Waals surface area contributed by atoms with Gasteiger partial charge in [0.15, 0.2) is 0 Å². The van der Waals surface area contributed by atoms with Crippen molar-refractivity contribution in [3.63, 3.8) is 0 Å². The molecule has 0 saturated carbocycles. The van der Waals surface area contributed by atoms with Crippen LogP contribution in [0.15, 0.2) is 0 Å². The van der Waals surface area contributed by atoms with Gasteiger partial charge in [-0.05, 0) is 22.8 Å². The van der Waals surface area contributed by atoms with Crippen molar-refractivity contribution in [1.82, 2.24) is 0 Å². The zero-order chi connectivity index (χ0) is 7.49. The molecule has 0 aromatic heterocycles. The van der Waals surface area contributed by atoms with Crippen molar-refractivity contribution >= 4 is 25.3 Å². The fourth-order valence-electron chi connectivity index (χ4n) is 0.605. The first kappa shape index (κ1) is 9.70. The minimum atomic E-state index is 0.365. The normalized spacial score (nSPS) is 12.7. The number of hydrogen-bond acceptors (Lipinski definition) is 2. The minimum absolute atomic E-state index is 0.365. The monoisotopic (exact) mass is 164 g/mol. The highest BCUT2D eigenvalue weighted by molar-refractivity contribution is 7.81. The van der Waals surface area contributed by atoms with Crippen molar-refractivity contribution in [2.24, 2.45) is 11.3 Å².